The maximum atomic E-state index is 8.66. The van der Waals surface area contributed by atoms with Gasteiger partial charge in [0.1, 0.15) is 0 Å². The van der Waals surface area contributed by atoms with Crippen LogP contribution in [0.4, 0.5) is 0 Å². The lowest BCUT2D eigenvalue weighted by atomic mass is 9.98. The lowest BCUT2D eigenvalue weighted by Crippen LogP contribution is -2.44. The predicted octanol–water partition coefficient (Wildman–Crippen LogP) is 2.41. The highest BCUT2D eigenvalue weighted by Crippen LogP contribution is 2.39. The van der Waals surface area contributed by atoms with Gasteiger partial charge in [-0.1, -0.05) is 0 Å². The van der Waals surface area contributed by atoms with Gasteiger partial charge in [0.15, 0.2) is 22.7 Å². The van der Waals surface area contributed by atoms with E-state index in [-0.39, 0.29) is 0 Å². The Morgan fingerprint density at radius 3 is 1.44 bits per heavy atom. The molecule has 0 bridgehead atoms. The maximum absolute atomic E-state index is 8.66. The molecule has 0 N–H and O–H groups in total. The number of hydrogen-bond donors (Lipinski definition) is 0. The smallest absolute Gasteiger partial charge is 0.160 e. The zero-order chi connectivity index (χ0) is 12.4. The van der Waals surface area contributed by atoms with Crippen LogP contribution in [0.15, 0.2) is 23.7 Å². The quantitative estimate of drug-likeness (QED) is 0.585. The van der Waals surface area contributed by atoms with Gasteiger partial charge in [-0.25, -0.2) is 0 Å². The lowest BCUT2D eigenvalue weighted by molar-refractivity contribution is -0.120. The number of nitriles is 2. The van der Waals surface area contributed by atoms with Crippen molar-refractivity contribution in [2.24, 2.45) is 0 Å². The lowest BCUT2D eigenvalue weighted by Gasteiger charge is -2.43. The SMILES string of the molecule is CC1(C)O/C(=C\C#N)C(C)(C)O/C1=C\C#N. The van der Waals surface area contributed by atoms with Gasteiger partial charge in [0.05, 0.1) is 24.3 Å². The Morgan fingerprint density at radius 2 is 1.19 bits per heavy atom. The van der Waals surface area contributed by atoms with Crippen molar-refractivity contribution in [3.63, 3.8) is 0 Å². The second-order valence-electron chi connectivity index (χ2n) is 4.50. The van der Waals surface area contributed by atoms with Crippen LogP contribution < -0.4 is 0 Å². The minimum absolute atomic E-state index is 0.468. The minimum atomic E-state index is -0.728. The Balaban J connectivity index is 3.16. The highest BCUT2D eigenvalue weighted by atomic mass is 16.6. The number of allylic oxidation sites excluding steroid dienone is 2. The molecular weight excluding hydrogens is 204 g/mol. The molecule has 1 rings (SSSR count). The normalized spacial score (nSPS) is 26.4. The van der Waals surface area contributed by atoms with Crippen LogP contribution in [-0.2, 0) is 9.47 Å². The molecule has 0 unspecified atom stereocenters. The van der Waals surface area contributed by atoms with Crippen LogP contribution in [0.3, 0.4) is 0 Å². The second kappa shape index (κ2) is 3.90. The highest BCUT2D eigenvalue weighted by Gasteiger charge is 2.43. The van der Waals surface area contributed by atoms with Gasteiger partial charge in [0.2, 0.25) is 0 Å². The number of rotatable bonds is 0. The van der Waals surface area contributed by atoms with E-state index < -0.39 is 11.2 Å². The Kier molecular flexibility index (Phi) is 2.96. The molecule has 0 aromatic carbocycles. The molecule has 0 aromatic heterocycles. The third-order valence-electron chi connectivity index (χ3n) is 2.31. The standard InChI is InChI=1S/C12H14N2O2/c1-11(2)9(5-7-13)16-12(3,4)10(15-11)6-8-14/h5-6H,1-4H3/b9-5-,10-6-. The topological polar surface area (TPSA) is 66.0 Å². The van der Waals surface area contributed by atoms with Crippen LogP contribution in [0.5, 0.6) is 0 Å². The number of ether oxygens (including phenoxy) is 2. The van der Waals surface area contributed by atoms with Crippen molar-refractivity contribution in [2.75, 3.05) is 0 Å². The molecule has 84 valence electrons. The van der Waals surface area contributed by atoms with Gasteiger partial charge >= 0.3 is 0 Å². The Morgan fingerprint density at radius 1 is 0.875 bits per heavy atom. The summed E-state index contributed by atoms with van der Waals surface area (Å²) in [6, 6.07) is 3.85. The molecule has 4 heteroatoms. The van der Waals surface area contributed by atoms with Crippen molar-refractivity contribution >= 4 is 0 Å². The average Bonchev–Trinajstić information content (AvgIpc) is 2.14. The van der Waals surface area contributed by atoms with Gasteiger partial charge in [0.25, 0.3) is 0 Å². The summed E-state index contributed by atoms with van der Waals surface area (Å²) in [6.45, 7) is 7.15. The molecular formula is C12H14N2O2. The highest BCUT2D eigenvalue weighted by molar-refractivity contribution is 5.27. The summed E-state index contributed by atoms with van der Waals surface area (Å²) in [5.74, 6) is 0.935. The van der Waals surface area contributed by atoms with E-state index in [0.29, 0.717) is 11.5 Å². The Hall–Kier alpha value is -1.94. The first-order chi connectivity index (χ1) is 7.33. The van der Waals surface area contributed by atoms with Crippen LogP contribution in [0, 0.1) is 22.7 Å². The van der Waals surface area contributed by atoms with Crippen molar-refractivity contribution in [3.05, 3.63) is 23.7 Å². The van der Waals surface area contributed by atoms with E-state index in [1.807, 2.05) is 12.1 Å². The van der Waals surface area contributed by atoms with Gasteiger partial charge in [-0.2, -0.15) is 10.5 Å². The molecule has 1 heterocycles. The fraction of sp³-hybridized carbons (Fsp3) is 0.500. The monoisotopic (exact) mass is 218 g/mol. The van der Waals surface area contributed by atoms with Crippen LogP contribution in [0.25, 0.3) is 0 Å². The molecule has 1 aliphatic heterocycles. The van der Waals surface area contributed by atoms with Crippen molar-refractivity contribution in [3.8, 4) is 12.1 Å². The largest absolute Gasteiger partial charge is 0.479 e. The van der Waals surface area contributed by atoms with E-state index in [0.717, 1.165) is 0 Å². The predicted molar refractivity (Wildman–Crippen MR) is 57.7 cm³/mol. The average molecular weight is 218 g/mol. The first-order valence-electron chi connectivity index (χ1n) is 4.92. The minimum Gasteiger partial charge on any atom is -0.479 e. The van der Waals surface area contributed by atoms with Crippen LogP contribution in [-0.4, -0.2) is 11.2 Å². The molecule has 0 radical (unpaired) electrons. The van der Waals surface area contributed by atoms with Crippen LogP contribution in [0.2, 0.25) is 0 Å². The molecule has 1 aliphatic rings. The maximum Gasteiger partial charge on any atom is 0.160 e. The first-order valence-corrected chi connectivity index (χ1v) is 4.92. The Labute approximate surface area is 95.4 Å². The summed E-state index contributed by atoms with van der Waals surface area (Å²) in [7, 11) is 0. The van der Waals surface area contributed by atoms with Crippen molar-refractivity contribution in [2.45, 2.75) is 38.9 Å². The van der Waals surface area contributed by atoms with E-state index >= 15 is 0 Å². The van der Waals surface area contributed by atoms with Crippen LogP contribution in [0.1, 0.15) is 27.7 Å². The first kappa shape index (κ1) is 12.1. The van der Waals surface area contributed by atoms with E-state index in [1.54, 1.807) is 27.7 Å². The molecule has 1 saturated heterocycles. The summed E-state index contributed by atoms with van der Waals surface area (Å²) in [6.07, 6.45) is 2.65. The fourth-order valence-corrected chi connectivity index (χ4v) is 1.42. The zero-order valence-electron chi connectivity index (χ0n) is 9.87. The zero-order valence-corrected chi connectivity index (χ0v) is 9.87. The molecule has 0 spiro atoms. The van der Waals surface area contributed by atoms with Crippen molar-refractivity contribution < 1.29 is 9.47 Å². The van der Waals surface area contributed by atoms with Crippen LogP contribution >= 0.6 is 0 Å². The summed E-state index contributed by atoms with van der Waals surface area (Å²) in [4.78, 5) is 0. The third kappa shape index (κ3) is 2.17. The van der Waals surface area contributed by atoms with E-state index in [2.05, 4.69) is 0 Å². The third-order valence-corrected chi connectivity index (χ3v) is 2.31. The summed E-state index contributed by atoms with van der Waals surface area (Å²) >= 11 is 0. The molecule has 1 fully saturated rings. The molecule has 0 saturated carbocycles. The number of nitrogens with zero attached hydrogens (tertiary/aromatic N) is 2. The van der Waals surface area contributed by atoms with Gasteiger partial charge in [-0.05, 0) is 27.7 Å². The molecule has 0 amide bonds. The van der Waals surface area contributed by atoms with E-state index in [9.17, 15) is 0 Å². The van der Waals surface area contributed by atoms with E-state index in [1.165, 1.54) is 12.2 Å². The van der Waals surface area contributed by atoms with Crippen molar-refractivity contribution in [1.29, 1.82) is 10.5 Å². The van der Waals surface area contributed by atoms with Gasteiger partial charge < -0.3 is 9.47 Å². The molecule has 16 heavy (non-hydrogen) atoms. The Bertz CT molecular complexity index is 389. The molecule has 4 nitrogen and oxygen atoms in total. The summed E-state index contributed by atoms with van der Waals surface area (Å²) < 4.78 is 11.4. The van der Waals surface area contributed by atoms with Gasteiger partial charge in [-0.15, -0.1) is 0 Å². The van der Waals surface area contributed by atoms with Gasteiger partial charge in [-0.3, -0.25) is 0 Å². The molecule has 0 aromatic rings. The molecule has 0 aliphatic carbocycles. The summed E-state index contributed by atoms with van der Waals surface area (Å²) in [5.41, 5.74) is -1.46. The van der Waals surface area contributed by atoms with E-state index in [4.69, 9.17) is 20.0 Å². The second-order valence-corrected chi connectivity index (χ2v) is 4.50. The van der Waals surface area contributed by atoms with Gasteiger partial charge in [0, 0.05) is 0 Å². The molecule has 0 atom stereocenters. The summed E-state index contributed by atoms with van der Waals surface area (Å²) in [5, 5.41) is 17.3. The fourth-order valence-electron chi connectivity index (χ4n) is 1.42. The van der Waals surface area contributed by atoms with Crippen molar-refractivity contribution in [1.82, 2.24) is 0 Å². The number of hydrogen-bond acceptors (Lipinski definition) is 4.